The molecule has 0 aromatic carbocycles. The molecule has 0 aliphatic rings. The standard InChI is InChI=1S/C15H28N2OS2/c1-10(16-8-15(6,18)9-19-7)12-11(2)17-13(20-12)14(3,4)5/h10,16,18H,8-9H2,1-7H3. The van der Waals surface area contributed by atoms with Crippen molar-refractivity contribution in [2.45, 2.75) is 58.6 Å². The number of hydrogen-bond acceptors (Lipinski definition) is 5. The normalized spacial score (nSPS) is 17.0. The van der Waals surface area contributed by atoms with Crippen LogP contribution in [-0.2, 0) is 5.41 Å². The molecule has 2 N–H and O–H groups in total. The number of aromatic nitrogens is 1. The quantitative estimate of drug-likeness (QED) is 0.843. The molecule has 0 saturated carbocycles. The van der Waals surface area contributed by atoms with Crippen molar-refractivity contribution >= 4 is 23.1 Å². The number of aryl methyl sites for hydroxylation is 1. The Morgan fingerprint density at radius 1 is 1.35 bits per heavy atom. The molecule has 1 aromatic heterocycles. The summed E-state index contributed by atoms with van der Waals surface area (Å²) in [6.45, 7) is 13.3. The van der Waals surface area contributed by atoms with Crippen molar-refractivity contribution in [3.8, 4) is 0 Å². The predicted octanol–water partition coefficient (Wildman–Crippen LogP) is 3.51. The van der Waals surface area contributed by atoms with E-state index in [9.17, 15) is 5.11 Å². The summed E-state index contributed by atoms with van der Waals surface area (Å²) in [4.78, 5) is 5.97. The average molecular weight is 317 g/mol. The maximum atomic E-state index is 10.2. The summed E-state index contributed by atoms with van der Waals surface area (Å²) in [7, 11) is 0. The third-order valence-corrected chi connectivity index (χ3v) is 5.79. The van der Waals surface area contributed by atoms with Crippen LogP contribution in [0.4, 0.5) is 0 Å². The second kappa shape index (κ2) is 6.77. The molecule has 0 saturated heterocycles. The van der Waals surface area contributed by atoms with Gasteiger partial charge in [-0.3, -0.25) is 0 Å². The zero-order chi connectivity index (χ0) is 15.6. The summed E-state index contributed by atoms with van der Waals surface area (Å²) in [6.07, 6.45) is 2.01. The van der Waals surface area contributed by atoms with E-state index >= 15 is 0 Å². The molecule has 116 valence electrons. The van der Waals surface area contributed by atoms with Gasteiger partial charge in [0, 0.05) is 28.6 Å². The molecule has 0 aliphatic heterocycles. The maximum Gasteiger partial charge on any atom is 0.0985 e. The number of hydrogen-bond donors (Lipinski definition) is 2. The molecular formula is C15H28N2OS2. The van der Waals surface area contributed by atoms with Crippen LogP contribution < -0.4 is 5.32 Å². The molecule has 1 aromatic rings. The molecule has 2 atom stereocenters. The number of nitrogens with one attached hydrogen (secondary N) is 1. The topological polar surface area (TPSA) is 45.1 Å². The van der Waals surface area contributed by atoms with Crippen LogP contribution in [0.2, 0.25) is 0 Å². The summed E-state index contributed by atoms with van der Waals surface area (Å²) in [5.41, 5.74) is 0.529. The van der Waals surface area contributed by atoms with Crippen molar-refractivity contribution in [2.75, 3.05) is 18.6 Å². The second-order valence-corrected chi connectivity index (χ2v) is 8.65. The van der Waals surface area contributed by atoms with Crippen molar-refractivity contribution in [1.82, 2.24) is 10.3 Å². The minimum absolute atomic E-state index is 0.0950. The van der Waals surface area contributed by atoms with Crippen molar-refractivity contribution < 1.29 is 5.11 Å². The first-order valence-electron chi connectivity index (χ1n) is 6.99. The maximum absolute atomic E-state index is 10.2. The van der Waals surface area contributed by atoms with Crippen LogP contribution in [0, 0.1) is 6.92 Å². The lowest BCUT2D eigenvalue weighted by molar-refractivity contribution is 0.0821. The fraction of sp³-hybridized carbons (Fsp3) is 0.800. The smallest absolute Gasteiger partial charge is 0.0985 e. The summed E-state index contributed by atoms with van der Waals surface area (Å²) in [5, 5.41) is 14.8. The van der Waals surface area contributed by atoms with Crippen molar-refractivity contribution in [2.24, 2.45) is 0 Å². The molecule has 1 rings (SSSR count). The van der Waals surface area contributed by atoms with Gasteiger partial charge in [0.1, 0.15) is 0 Å². The minimum atomic E-state index is -0.668. The number of thiazole rings is 1. The van der Waals surface area contributed by atoms with E-state index in [1.165, 1.54) is 9.88 Å². The van der Waals surface area contributed by atoms with Gasteiger partial charge in [0.25, 0.3) is 0 Å². The summed E-state index contributed by atoms with van der Waals surface area (Å²) >= 11 is 3.44. The van der Waals surface area contributed by atoms with E-state index in [0.717, 1.165) is 11.4 Å². The monoisotopic (exact) mass is 316 g/mol. The fourth-order valence-electron chi connectivity index (χ4n) is 1.96. The molecule has 1 heterocycles. The van der Waals surface area contributed by atoms with Gasteiger partial charge in [0.15, 0.2) is 0 Å². The van der Waals surface area contributed by atoms with Crippen molar-refractivity contribution in [1.29, 1.82) is 0 Å². The van der Waals surface area contributed by atoms with Crippen LogP contribution in [-0.4, -0.2) is 34.2 Å². The van der Waals surface area contributed by atoms with E-state index in [0.29, 0.717) is 6.54 Å². The van der Waals surface area contributed by atoms with E-state index in [-0.39, 0.29) is 11.5 Å². The molecule has 0 fully saturated rings. The first-order valence-corrected chi connectivity index (χ1v) is 9.20. The molecule has 3 nitrogen and oxygen atoms in total. The Balaban J connectivity index is 2.73. The van der Waals surface area contributed by atoms with Gasteiger partial charge in [0.05, 0.1) is 16.3 Å². The van der Waals surface area contributed by atoms with Crippen LogP contribution in [0.1, 0.15) is 56.2 Å². The first-order chi connectivity index (χ1) is 9.07. The van der Waals surface area contributed by atoms with E-state index < -0.39 is 5.60 Å². The highest BCUT2D eigenvalue weighted by atomic mass is 32.2. The molecule has 0 aliphatic carbocycles. The van der Waals surface area contributed by atoms with Gasteiger partial charge in [-0.2, -0.15) is 11.8 Å². The lowest BCUT2D eigenvalue weighted by atomic mass is 9.98. The highest BCUT2D eigenvalue weighted by molar-refractivity contribution is 7.98. The fourth-order valence-corrected chi connectivity index (χ4v) is 3.83. The highest BCUT2D eigenvalue weighted by Crippen LogP contribution is 2.32. The van der Waals surface area contributed by atoms with Gasteiger partial charge < -0.3 is 10.4 Å². The van der Waals surface area contributed by atoms with Crippen LogP contribution in [0.15, 0.2) is 0 Å². The van der Waals surface area contributed by atoms with Gasteiger partial charge in [-0.15, -0.1) is 11.3 Å². The van der Waals surface area contributed by atoms with E-state index in [1.807, 2.05) is 13.2 Å². The van der Waals surface area contributed by atoms with E-state index in [4.69, 9.17) is 4.98 Å². The Hall–Kier alpha value is -0.100. The Kier molecular flexibility index (Phi) is 6.08. The molecule has 2 unspecified atom stereocenters. The lowest BCUT2D eigenvalue weighted by Crippen LogP contribution is -2.40. The Labute approximate surface area is 131 Å². The summed E-state index contributed by atoms with van der Waals surface area (Å²) in [6, 6.07) is 0.219. The Morgan fingerprint density at radius 2 is 1.95 bits per heavy atom. The molecule has 20 heavy (non-hydrogen) atoms. The Morgan fingerprint density at radius 3 is 2.40 bits per heavy atom. The number of aliphatic hydroxyl groups is 1. The van der Waals surface area contributed by atoms with Crippen molar-refractivity contribution in [3.63, 3.8) is 0 Å². The molecule has 5 heteroatoms. The van der Waals surface area contributed by atoms with Gasteiger partial charge in [0.2, 0.25) is 0 Å². The zero-order valence-electron chi connectivity index (χ0n) is 13.7. The van der Waals surface area contributed by atoms with Crippen LogP contribution in [0.25, 0.3) is 0 Å². The second-order valence-electron chi connectivity index (χ2n) is 6.75. The van der Waals surface area contributed by atoms with Crippen LogP contribution in [0.5, 0.6) is 0 Å². The lowest BCUT2D eigenvalue weighted by Gasteiger charge is -2.25. The molecular weight excluding hydrogens is 288 g/mol. The molecule has 0 bridgehead atoms. The largest absolute Gasteiger partial charge is 0.388 e. The number of rotatable bonds is 6. The van der Waals surface area contributed by atoms with Crippen LogP contribution in [0.3, 0.4) is 0 Å². The van der Waals surface area contributed by atoms with Gasteiger partial charge >= 0.3 is 0 Å². The minimum Gasteiger partial charge on any atom is -0.388 e. The van der Waals surface area contributed by atoms with Gasteiger partial charge in [-0.05, 0) is 27.0 Å². The number of nitrogens with zero attached hydrogens (tertiary/aromatic N) is 1. The van der Waals surface area contributed by atoms with Gasteiger partial charge in [-0.1, -0.05) is 20.8 Å². The molecule has 0 spiro atoms. The average Bonchev–Trinajstić information content (AvgIpc) is 2.68. The van der Waals surface area contributed by atoms with Crippen LogP contribution >= 0.6 is 23.1 Å². The van der Waals surface area contributed by atoms with E-state index in [2.05, 4.69) is 39.9 Å². The predicted molar refractivity (Wildman–Crippen MR) is 91.0 cm³/mol. The summed E-state index contributed by atoms with van der Waals surface area (Å²) in [5.74, 6) is 0.738. The zero-order valence-corrected chi connectivity index (χ0v) is 15.3. The number of thioether (sulfide) groups is 1. The molecule has 0 radical (unpaired) electrons. The summed E-state index contributed by atoms with van der Waals surface area (Å²) < 4.78 is 0. The van der Waals surface area contributed by atoms with Gasteiger partial charge in [-0.25, -0.2) is 4.98 Å². The Bertz CT molecular complexity index is 436. The third-order valence-electron chi connectivity index (χ3n) is 3.11. The van der Waals surface area contributed by atoms with Crippen molar-refractivity contribution in [3.05, 3.63) is 15.6 Å². The first kappa shape index (κ1) is 18.0. The third kappa shape index (κ3) is 5.02. The van der Waals surface area contributed by atoms with E-state index in [1.54, 1.807) is 23.1 Å². The SMILES string of the molecule is CSCC(C)(O)CNC(C)c1sc(C(C)(C)C)nc1C. The highest BCUT2D eigenvalue weighted by Gasteiger charge is 2.24. The molecule has 0 amide bonds.